The second-order valence-corrected chi connectivity index (χ2v) is 5.31. The van der Waals surface area contributed by atoms with Crippen molar-refractivity contribution in [2.45, 2.75) is 26.8 Å². The highest BCUT2D eigenvalue weighted by atomic mass is 16.5. The van der Waals surface area contributed by atoms with Crippen molar-refractivity contribution in [2.24, 2.45) is 11.1 Å². The van der Waals surface area contributed by atoms with Crippen LogP contribution in [0.15, 0.2) is 18.2 Å². The van der Waals surface area contributed by atoms with E-state index in [0.717, 1.165) is 11.3 Å². The molecule has 1 aromatic rings. The molecule has 3 N–H and O–H groups in total. The third-order valence-electron chi connectivity index (χ3n) is 3.67. The molecule has 4 nitrogen and oxygen atoms in total. The summed E-state index contributed by atoms with van der Waals surface area (Å²) in [6, 6.07) is 5.70. The Morgan fingerprint density at radius 2 is 2.22 bits per heavy atom. The van der Waals surface area contributed by atoms with Crippen molar-refractivity contribution in [3.63, 3.8) is 0 Å². The average Bonchev–Trinajstić information content (AvgIpc) is 2.64. The number of hydrogen-bond acceptors (Lipinski definition) is 3. The molecule has 0 spiro atoms. The molecular formula is C14H20N2O2. The Bertz CT molecular complexity index is 473. The number of nitrogens with two attached hydrogens (primary N) is 1. The number of benzene rings is 1. The summed E-state index contributed by atoms with van der Waals surface area (Å²) in [5.41, 5.74) is 8.37. The van der Waals surface area contributed by atoms with Gasteiger partial charge in [0.25, 0.3) is 0 Å². The first-order chi connectivity index (χ1) is 8.43. The van der Waals surface area contributed by atoms with E-state index in [-0.39, 0.29) is 11.9 Å². The van der Waals surface area contributed by atoms with Crippen LogP contribution < -0.4 is 11.1 Å². The normalized spacial score (nSPS) is 27.2. The van der Waals surface area contributed by atoms with Gasteiger partial charge in [-0.05, 0) is 32.4 Å². The van der Waals surface area contributed by atoms with Gasteiger partial charge in [0, 0.05) is 11.7 Å². The molecule has 1 aliphatic heterocycles. The Labute approximate surface area is 108 Å². The first-order valence-electron chi connectivity index (χ1n) is 6.15. The number of hydrogen-bond donors (Lipinski definition) is 2. The highest BCUT2D eigenvalue weighted by molar-refractivity contribution is 5.96. The van der Waals surface area contributed by atoms with Crippen molar-refractivity contribution in [1.29, 1.82) is 0 Å². The van der Waals surface area contributed by atoms with Crippen LogP contribution in [0, 0.1) is 19.3 Å². The van der Waals surface area contributed by atoms with Gasteiger partial charge in [0.05, 0.1) is 18.6 Å². The molecule has 0 aromatic heterocycles. The van der Waals surface area contributed by atoms with Crippen LogP contribution in [0.4, 0.5) is 5.69 Å². The maximum Gasteiger partial charge on any atom is 0.234 e. The third kappa shape index (κ3) is 2.26. The average molecular weight is 248 g/mol. The van der Waals surface area contributed by atoms with Crippen LogP contribution in [0.25, 0.3) is 0 Å². The molecule has 1 fully saturated rings. The summed E-state index contributed by atoms with van der Waals surface area (Å²) >= 11 is 0. The summed E-state index contributed by atoms with van der Waals surface area (Å²) in [7, 11) is 0. The fourth-order valence-corrected chi connectivity index (χ4v) is 2.14. The fraction of sp³-hybridized carbons (Fsp3) is 0.500. The summed E-state index contributed by atoms with van der Waals surface area (Å²) in [4.78, 5) is 12.3. The van der Waals surface area contributed by atoms with Crippen LogP contribution >= 0.6 is 0 Å². The highest BCUT2D eigenvalue weighted by Crippen LogP contribution is 2.29. The van der Waals surface area contributed by atoms with E-state index < -0.39 is 5.41 Å². The van der Waals surface area contributed by atoms with Gasteiger partial charge in [-0.2, -0.15) is 0 Å². The van der Waals surface area contributed by atoms with Crippen LogP contribution in [-0.2, 0) is 9.53 Å². The molecule has 2 unspecified atom stereocenters. The van der Waals surface area contributed by atoms with E-state index in [1.54, 1.807) is 0 Å². The number of ether oxygens (including phenoxy) is 1. The molecule has 1 aliphatic rings. The van der Waals surface area contributed by atoms with Crippen molar-refractivity contribution >= 4 is 11.6 Å². The van der Waals surface area contributed by atoms with Gasteiger partial charge < -0.3 is 15.8 Å². The minimum absolute atomic E-state index is 0.0700. The van der Waals surface area contributed by atoms with Gasteiger partial charge in [-0.15, -0.1) is 0 Å². The van der Waals surface area contributed by atoms with Gasteiger partial charge in [0.1, 0.15) is 0 Å². The molecule has 0 radical (unpaired) electrons. The Balaban J connectivity index is 2.16. The lowest BCUT2D eigenvalue weighted by Gasteiger charge is -2.25. The van der Waals surface area contributed by atoms with Crippen LogP contribution in [0.2, 0.25) is 0 Å². The number of carbonyl (C=O) groups excluding carboxylic acids is 1. The minimum atomic E-state index is -0.642. The Morgan fingerprint density at radius 3 is 2.78 bits per heavy atom. The molecule has 18 heavy (non-hydrogen) atoms. The molecule has 0 aliphatic carbocycles. The maximum absolute atomic E-state index is 12.3. The number of aryl methyl sites for hydroxylation is 2. The van der Waals surface area contributed by atoms with E-state index in [2.05, 4.69) is 5.32 Å². The van der Waals surface area contributed by atoms with Crippen molar-refractivity contribution in [2.75, 3.05) is 18.5 Å². The number of amides is 1. The van der Waals surface area contributed by atoms with E-state index in [1.165, 1.54) is 5.56 Å². The monoisotopic (exact) mass is 248 g/mol. The van der Waals surface area contributed by atoms with Crippen LogP contribution in [0.1, 0.15) is 18.1 Å². The first-order valence-corrected chi connectivity index (χ1v) is 6.15. The van der Waals surface area contributed by atoms with Crippen molar-refractivity contribution in [3.8, 4) is 0 Å². The topological polar surface area (TPSA) is 64.3 Å². The molecule has 1 aromatic carbocycles. The molecule has 2 rings (SSSR count). The van der Waals surface area contributed by atoms with Gasteiger partial charge in [0.15, 0.2) is 0 Å². The lowest BCUT2D eigenvalue weighted by Crippen LogP contribution is -2.47. The van der Waals surface area contributed by atoms with Crippen molar-refractivity contribution in [3.05, 3.63) is 29.3 Å². The van der Waals surface area contributed by atoms with Gasteiger partial charge in [-0.3, -0.25) is 4.79 Å². The zero-order chi connectivity index (χ0) is 13.3. The zero-order valence-corrected chi connectivity index (χ0v) is 11.1. The van der Waals surface area contributed by atoms with Crippen LogP contribution in [0.3, 0.4) is 0 Å². The van der Waals surface area contributed by atoms with Gasteiger partial charge in [-0.25, -0.2) is 0 Å². The Morgan fingerprint density at radius 1 is 1.50 bits per heavy atom. The Hall–Kier alpha value is -1.39. The van der Waals surface area contributed by atoms with E-state index in [4.69, 9.17) is 10.5 Å². The van der Waals surface area contributed by atoms with E-state index in [1.807, 2.05) is 39.0 Å². The van der Waals surface area contributed by atoms with Gasteiger partial charge in [-0.1, -0.05) is 17.7 Å². The second-order valence-electron chi connectivity index (χ2n) is 5.31. The minimum Gasteiger partial charge on any atom is -0.379 e. The molecule has 4 heteroatoms. The van der Waals surface area contributed by atoms with E-state index in [0.29, 0.717) is 13.2 Å². The molecule has 1 amide bonds. The van der Waals surface area contributed by atoms with E-state index in [9.17, 15) is 4.79 Å². The summed E-state index contributed by atoms with van der Waals surface area (Å²) in [5.74, 6) is -0.0700. The molecule has 0 bridgehead atoms. The van der Waals surface area contributed by atoms with Crippen LogP contribution in [-0.4, -0.2) is 25.2 Å². The number of carbonyl (C=O) groups is 1. The summed E-state index contributed by atoms with van der Waals surface area (Å²) in [6.45, 7) is 6.68. The number of anilines is 1. The van der Waals surface area contributed by atoms with Crippen LogP contribution in [0.5, 0.6) is 0 Å². The predicted octanol–water partition coefficient (Wildman–Crippen LogP) is 1.61. The van der Waals surface area contributed by atoms with E-state index >= 15 is 0 Å². The highest BCUT2D eigenvalue weighted by Gasteiger charge is 2.44. The summed E-state index contributed by atoms with van der Waals surface area (Å²) in [5, 5.41) is 2.95. The second kappa shape index (κ2) is 4.71. The largest absolute Gasteiger partial charge is 0.379 e. The SMILES string of the molecule is Cc1ccc(NC(=O)C2(C)COCC2N)c(C)c1. The third-order valence-corrected chi connectivity index (χ3v) is 3.67. The molecule has 1 saturated heterocycles. The fourth-order valence-electron chi connectivity index (χ4n) is 2.14. The molecule has 1 heterocycles. The quantitative estimate of drug-likeness (QED) is 0.835. The molecule has 98 valence electrons. The van der Waals surface area contributed by atoms with Gasteiger partial charge in [0.2, 0.25) is 5.91 Å². The first kappa shape index (κ1) is 13.1. The number of rotatable bonds is 2. The summed E-state index contributed by atoms with van der Waals surface area (Å²) in [6.07, 6.45) is 0. The molecular weight excluding hydrogens is 228 g/mol. The predicted molar refractivity (Wildman–Crippen MR) is 71.4 cm³/mol. The lowest BCUT2D eigenvalue weighted by atomic mass is 9.84. The molecule has 0 saturated carbocycles. The Kier molecular flexibility index (Phi) is 3.41. The molecule has 2 atom stereocenters. The standard InChI is InChI=1S/C14H20N2O2/c1-9-4-5-11(10(2)6-9)16-13(17)14(3)8-18-7-12(14)15/h4-6,12H,7-8,15H2,1-3H3,(H,16,17). The van der Waals surface area contributed by atoms with Crippen molar-refractivity contribution in [1.82, 2.24) is 0 Å². The maximum atomic E-state index is 12.3. The summed E-state index contributed by atoms with van der Waals surface area (Å²) < 4.78 is 5.29. The zero-order valence-electron chi connectivity index (χ0n) is 11.1. The smallest absolute Gasteiger partial charge is 0.234 e. The van der Waals surface area contributed by atoms with Crippen molar-refractivity contribution < 1.29 is 9.53 Å². The lowest BCUT2D eigenvalue weighted by molar-refractivity contribution is -0.125. The number of nitrogens with one attached hydrogen (secondary N) is 1. The van der Waals surface area contributed by atoms with Gasteiger partial charge >= 0.3 is 0 Å².